The first-order valence-electron chi connectivity index (χ1n) is 11.5. The van der Waals surface area contributed by atoms with Gasteiger partial charge in [0.05, 0.1) is 24.7 Å². The lowest BCUT2D eigenvalue weighted by Gasteiger charge is -2.20. The molecule has 2 aromatic heterocycles. The van der Waals surface area contributed by atoms with Gasteiger partial charge in [-0.3, -0.25) is 9.69 Å². The van der Waals surface area contributed by atoms with Crippen LogP contribution in [0.4, 0.5) is 5.13 Å². The molecule has 0 unspecified atom stereocenters. The zero-order chi connectivity index (χ0) is 23.9. The molecule has 0 radical (unpaired) electrons. The number of hydrogen-bond donors (Lipinski definition) is 0. The van der Waals surface area contributed by atoms with Gasteiger partial charge < -0.3 is 14.0 Å². The summed E-state index contributed by atoms with van der Waals surface area (Å²) in [5, 5.41) is 0.668. The van der Waals surface area contributed by atoms with Crippen LogP contribution in [0.2, 0.25) is 0 Å². The minimum absolute atomic E-state index is 0.0820. The number of carbonyl (C=O) groups is 1. The van der Waals surface area contributed by atoms with E-state index in [1.54, 1.807) is 24.5 Å². The number of carbonyl (C=O) groups excluding carboxylic acids is 1. The molecule has 1 amide bonds. The third-order valence-corrected chi connectivity index (χ3v) is 6.83. The summed E-state index contributed by atoms with van der Waals surface area (Å²) in [7, 11) is 1.64. The van der Waals surface area contributed by atoms with Gasteiger partial charge in [-0.25, -0.2) is 9.97 Å². The Morgan fingerprint density at radius 1 is 1.15 bits per heavy atom. The maximum absolute atomic E-state index is 13.6. The molecule has 0 fully saturated rings. The number of unbranched alkanes of at least 4 members (excludes halogenated alkanes) is 1. The summed E-state index contributed by atoms with van der Waals surface area (Å²) in [6.45, 7) is 6.16. The number of thiazole rings is 1. The second-order valence-electron chi connectivity index (χ2n) is 8.10. The van der Waals surface area contributed by atoms with Crippen LogP contribution in [0.3, 0.4) is 0 Å². The molecule has 0 N–H and O–H groups in total. The summed E-state index contributed by atoms with van der Waals surface area (Å²) >= 11 is 1.52. The number of rotatable bonds is 11. The molecule has 4 rings (SSSR count). The predicted molar refractivity (Wildman–Crippen MR) is 136 cm³/mol. The van der Waals surface area contributed by atoms with Crippen LogP contribution in [-0.4, -0.2) is 40.7 Å². The second-order valence-corrected chi connectivity index (χ2v) is 9.07. The summed E-state index contributed by atoms with van der Waals surface area (Å²) in [6, 6.07) is 11.3. The van der Waals surface area contributed by atoms with E-state index in [2.05, 4.69) is 11.9 Å². The second kappa shape index (κ2) is 11.2. The zero-order valence-electron chi connectivity index (χ0n) is 19.9. The van der Waals surface area contributed by atoms with Crippen LogP contribution in [0.25, 0.3) is 10.2 Å². The average Bonchev–Trinajstić information content (AvgIpc) is 3.53. The number of imidazole rings is 1. The Morgan fingerprint density at radius 2 is 1.97 bits per heavy atom. The fourth-order valence-electron chi connectivity index (χ4n) is 3.68. The minimum Gasteiger partial charge on any atom is -0.494 e. The molecule has 4 aromatic rings. The third-order valence-electron chi connectivity index (χ3n) is 5.61. The first-order valence-corrected chi connectivity index (χ1v) is 12.4. The molecule has 0 bridgehead atoms. The first-order chi connectivity index (χ1) is 16.6. The average molecular weight is 479 g/mol. The SMILES string of the molecule is CCCCOc1ccc(C(=O)N(CCCn2ccnc2)c2nc3c(OC)ccc(C)c3s2)cc1. The number of methoxy groups -OCH3 is 1. The van der Waals surface area contributed by atoms with Crippen molar-refractivity contribution in [1.29, 1.82) is 0 Å². The molecule has 0 aliphatic carbocycles. The van der Waals surface area contributed by atoms with Gasteiger partial charge in [0.2, 0.25) is 0 Å². The lowest BCUT2D eigenvalue weighted by atomic mass is 10.2. The fraction of sp³-hybridized carbons (Fsp3) is 0.346. The summed E-state index contributed by atoms with van der Waals surface area (Å²) in [6.07, 6.45) is 8.33. The lowest BCUT2D eigenvalue weighted by molar-refractivity contribution is 0.0986. The molecular formula is C26H30N4O3S. The number of hydrogen-bond acceptors (Lipinski definition) is 6. The van der Waals surface area contributed by atoms with Gasteiger partial charge in [0.25, 0.3) is 5.91 Å². The van der Waals surface area contributed by atoms with E-state index in [4.69, 9.17) is 14.5 Å². The van der Waals surface area contributed by atoms with Crippen molar-refractivity contribution < 1.29 is 14.3 Å². The number of nitrogens with zero attached hydrogens (tertiary/aromatic N) is 4. The van der Waals surface area contributed by atoms with E-state index < -0.39 is 0 Å². The van der Waals surface area contributed by atoms with E-state index in [1.165, 1.54) is 11.3 Å². The number of fused-ring (bicyclic) bond motifs is 1. The van der Waals surface area contributed by atoms with Gasteiger partial charge in [0, 0.05) is 31.0 Å². The van der Waals surface area contributed by atoms with E-state index in [9.17, 15) is 4.79 Å². The number of aromatic nitrogens is 3. The van der Waals surface area contributed by atoms with Crippen molar-refractivity contribution in [3.05, 3.63) is 66.2 Å². The fourth-order valence-corrected chi connectivity index (χ4v) is 4.75. The van der Waals surface area contributed by atoms with Crippen molar-refractivity contribution in [2.24, 2.45) is 0 Å². The highest BCUT2D eigenvalue weighted by atomic mass is 32.1. The molecule has 0 aliphatic rings. The quantitative estimate of drug-likeness (QED) is 0.258. The van der Waals surface area contributed by atoms with Crippen molar-refractivity contribution in [1.82, 2.24) is 14.5 Å². The molecule has 0 atom stereocenters. The van der Waals surface area contributed by atoms with Crippen LogP contribution in [-0.2, 0) is 6.54 Å². The normalized spacial score (nSPS) is 11.0. The highest BCUT2D eigenvalue weighted by molar-refractivity contribution is 7.22. The first kappa shape index (κ1) is 23.8. The van der Waals surface area contributed by atoms with Crippen LogP contribution >= 0.6 is 11.3 Å². The van der Waals surface area contributed by atoms with E-state index in [1.807, 2.05) is 54.1 Å². The third kappa shape index (κ3) is 5.39. The molecule has 0 spiro atoms. The van der Waals surface area contributed by atoms with Crippen LogP contribution in [0.1, 0.15) is 42.1 Å². The summed E-state index contributed by atoms with van der Waals surface area (Å²) in [5.41, 5.74) is 2.50. The molecule has 8 heteroatoms. The maximum atomic E-state index is 13.6. The number of ether oxygens (including phenoxy) is 2. The van der Waals surface area contributed by atoms with Gasteiger partial charge in [-0.15, -0.1) is 0 Å². The largest absolute Gasteiger partial charge is 0.494 e. The Bertz CT molecular complexity index is 1220. The van der Waals surface area contributed by atoms with Crippen LogP contribution < -0.4 is 14.4 Å². The molecule has 0 aliphatic heterocycles. The number of amides is 1. The van der Waals surface area contributed by atoms with E-state index in [0.29, 0.717) is 29.6 Å². The van der Waals surface area contributed by atoms with E-state index in [-0.39, 0.29) is 5.91 Å². The van der Waals surface area contributed by atoms with Crippen LogP contribution in [0.5, 0.6) is 11.5 Å². The Morgan fingerprint density at radius 3 is 2.68 bits per heavy atom. The zero-order valence-corrected chi connectivity index (χ0v) is 20.7. The Balaban J connectivity index is 1.60. The monoisotopic (exact) mass is 478 g/mol. The van der Waals surface area contributed by atoms with Crippen molar-refractivity contribution >= 4 is 32.6 Å². The lowest BCUT2D eigenvalue weighted by Crippen LogP contribution is -2.32. The van der Waals surface area contributed by atoms with Crippen molar-refractivity contribution in [3.8, 4) is 11.5 Å². The molecule has 2 heterocycles. The molecule has 0 saturated heterocycles. The Labute approximate surface area is 204 Å². The standard InChI is InChI=1S/C26H30N4O3S/c1-4-5-17-33-21-10-8-20(9-11-21)25(31)30(15-6-14-29-16-13-27-18-29)26-28-23-22(32-3)12-7-19(2)24(23)34-26/h7-13,16,18H,4-6,14-15,17H2,1-3H3. The molecule has 7 nitrogen and oxygen atoms in total. The van der Waals surface area contributed by atoms with Crippen molar-refractivity contribution in [2.45, 2.75) is 39.7 Å². The van der Waals surface area contributed by atoms with Crippen molar-refractivity contribution in [2.75, 3.05) is 25.2 Å². The van der Waals surface area contributed by atoms with Gasteiger partial charge in [0.15, 0.2) is 5.13 Å². The van der Waals surface area contributed by atoms with Gasteiger partial charge in [-0.05, 0) is 55.7 Å². The van der Waals surface area contributed by atoms with Crippen LogP contribution in [0, 0.1) is 6.92 Å². The van der Waals surface area contributed by atoms with Gasteiger partial charge >= 0.3 is 0 Å². The maximum Gasteiger partial charge on any atom is 0.260 e. The van der Waals surface area contributed by atoms with Crippen LogP contribution in [0.15, 0.2) is 55.1 Å². The predicted octanol–water partition coefficient (Wildman–Crippen LogP) is 5.73. The number of anilines is 1. The number of aryl methyl sites for hydroxylation is 2. The summed E-state index contributed by atoms with van der Waals surface area (Å²) in [4.78, 5) is 24.3. The molecule has 2 aromatic carbocycles. The molecule has 178 valence electrons. The highest BCUT2D eigenvalue weighted by Crippen LogP contribution is 2.37. The van der Waals surface area contributed by atoms with E-state index >= 15 is 0 Å². The van der Waals surface area contributed by atoms with Crippen molar-refractivity contribution in [3.63, 3.8) is 0 Å². The van der Waals surface area contributed by atoms with E-state index in [0.717, 1.165) is 47.3 Å². The summed E-state index contributed by atoms with van der Waals surface area (Å²) < 4.78 is 14.3. The Hall–Kier alpha value is -3.39. The smallest absolute Gasteiger partial charge is 0.260 e. The number of benzene rings is 2. The van der Waals surface area contributed by atoms with Gasteiger partial charge in [-0.2, -0.15) is 0 Å². The summed E-state index contributed by atoms with van der Waals surface area (Å²) in [5.74, 6) is 1.40. The Kier molecular flexibility index (Phi) is 7.80. The van der Waals surface area contributed by atoms with Gasteiger partial charge in [0.1, 0.15) is 17.0 Å². The highest BCUT2D eigenvalue weighted by Gasteiger charge is 2.23. The minimum atomic E-state index is -0.0820. The van der Waals surface area contributed by atoms with Gasteiger partial charge in [-0.1, -0.05) is 30.7 Å². The topological polar surface area (TPSA) is 69.5 Å². The molecular weight excluding hydrogens is 448 g/mol. The molecule has 34 heavy (non-hydrogen) atoms. The molecule has 0 saturated carbocycles.